The highest BCUT2D eigenvalue weighted by molar-refractivity contribution is 6.04. The van der Waals surface area contributed by atoms with Crippen LogP contribution in [0, 0.1) is 0 Å². The van der Waals surface area contributed by atoms with Gasteiger partial charge in [0.25, 0.3) is 0 Å². The van der Waals surface area contributed by atoms with Crippen molar-refractivity contribution >= 4 is 7.98 Å². The van der Waals surface area contributed by atoms with E-state index in [2.05, 4.69) is 10.5 Å². The van der Waals surface area contributed by atoms with Gasteiger partial charge in [-0.15, -0.1) is 0 Å². The van der Waals surface area contributed by atoms with E-state index >= 15 is 0 Å². The van der Waals surface area contributed by atoms with Gasteiger partial charge >= 0.3 is 0 Å². The summed E-state index contributed by atoms with van der Waals surface area (Å²) in [4.78, 5) is 0. The summed E-state index contributed by atoms with van der Waals surface area (Å²) < 4.78 is 0. The maximum atomic E-state index is 3.26. The molecule has 3 heteroatoms. The van der Waals surface area contributed by atoms with E-state index in [0.717, 1.165) is 12.6 Å². The minimum absolute atomic E-state index is 0.736. The molecule has 0 aliphatic carbocycles. The molecule has 0 aromatic rings. The van der Waals surface area contributed by atoms with Crippen molar-refractivity contribution in [3.8, 4) is 0 Å². The van der Waals surface area contributed by atoms with Gasteiger partial charge < -0.3 is 10.5 Å². The van der Waals surface area contributed by atoms with E-state index in [9.17, 15) is 0 Å². The largest absolute Gasteiger partial charge is 0.358 e. The SMILES string of the molecule is BN[C@@H]1CCNC1. The molecule has 2 nitrogen and oxygen atoms in total. The lowest BCUT2D eigenvalue weighted by Crippen LogP contribution is -2.28. The number of hydrogen-bond donors (Lipinski definition) is 2. The van der Waals surface area contributed by atoms with Gasteiger partial charge in [-0.05, 0) is 13.0 Å². The Kier molecular flexibility index (Phi) is 1.71. The lowest BCUT2D eigenvalue weighted by atomic mass is 10.2. The highest BCUT2D eigenvalue weighted by Gasteiger charge is 2.09. The molecule has 1 aliphatic rings. The molecule has 0 radical (unpaired) electrons. The van der Waals surface area contributed by atoms with Crippen LogP contribution in [-0.2, 0) is 0 Å². The van der Waals surface area contributed by atoms with Crippen molar-refractivity contribution in [2.24, 2.45) is 0 Å². The zero-order chi connectivity index (χ0) is 5.11. The van der Waals surface area contributed by atoms with Crippen molar-refractivity contribution in [3.05, 3.63) is 0 Å². The molecule has 1 heterocycles. The second kappa shape index (κ2) is 2.33. The van der Waals surface area contributed by atoms with Crippen molar-refractivity contribution in [2.75, 3.05) is 13.1 Å². The molecular formula is C4H11BN2. The number of rotatable bonds is 1. The first-order valence-electron chi connectivity index (χ1n) is 2.81. The van der Waals surface area contributed by atoms with E-state index in [1.807, 2.05) is 7.98 Å². The average molecular weight is 98.0 g/mol. The predicted octanol–water partition coefficient (Wildman–Crippen LogP) is -1.51. The summed E-state index contributed by atoms with van der Waals surface area (Å²) >= 11 is 0. The molecule has 40 valence electrons. The predicted molar refractivity (Wildman–Crippen MR) is 33.0 cm³/mol. The topological polar surface area (TPSA) is 24.1 Å². The van der Waals surface area contributed by atoms with Crippen LogP contribution in [0.2, 0.25) is 0 Å². The molecule has 0 saturated carbocycles. The first kappa shape index (κ1) is 5.13. The molecule has 0 aromatic carbocycles. The van der Waals surface area contributed by atoms with Gasteiger partial charge in [0.15, 0.2) is 7.98 Å². The Bertz CT molecular complexity index is 51.7. The van der Waals surface area contributed by atoms with Gasteiger partial charge in [-0.25, -0.2) is 0 Å². The van der Waals surface area contributed by atoms with Crippen molar-refractivity contribution in [3.63, 3.8) is 0 Å². The molecule has 2 N–H and O–H groups in total. The fraction of sp³-hybridized carbons (Fsp3) is 1.00. The van der Waals surface area contributed by atoms with E-state index in [4.69, 9.17) is 0 Å². The molecule has 1 fully saturated rings. The lowest BCUT2D eigenvalue weighted by molar-refractivity contribution is 0.684. The maximum absolute atomic E-state index is 3.26. The van der Waals surface area contributed by atoms with Crippen molar-refractivity contribution in [1.82, 2.24) is 10.5 Å². The Balaban J connectivity index is 2.14. The standard InChI is InChI=1S/C4H11BN2/c5-7-4-1-2-6-3-4/h4,6-7H,1-3,5H2/t4-/m1/s1. The highest BCUT2D eigenvalue weighted by atomic mass is 15.0. The molecule has 1 aliphatic heterocycles. The Morgan fingerprint density at radius 2 is 2.57 bits per heavy atom. The Morgan fingerprint density at radius 1 is 1.71 bits per heavy atom. The summed E-state index contributed by atoms with van der Waals surface area (Å²) in [6.07, 6.45) is 1.29. The molecule has 7 heavy (non-hydrogen) atoms. The molecule has 1 rings (SSSR count). The van der Waals surface area contributed by atoms with E-state index in [0.29, 0.717) is 0 Å². The molecular weight excluding hydrogens is 86.9 g/mol. The monoisotopic (exact) mass is 98.1 g/mol. The van der Waals surface area contributed by atoms with E-state index < -0.39 is 0 Å². The van der Waals surface area contributed by atoms with E-state index in [1.54, 1.807) is 0 Å². The first-order chi connectivity index (χ1) is 3.43. The smallest absolute Gasteiger partial charge is 0.182 e. The zero-order valence-electron chi connectivity index (χ0n) is 4.70. The molecule has 0 amide bonds. The van der Waals surface area contributed by atoms with Crippen LogP contribution in [0.1, 0.15) is 6.42 Å². The number of hydrogen-bond acceptors (Lipinski definition) is 2. The summed E-state index contributed by atoms with van der Waals surface area (Å²) in [6, 6.07) is 0.736. The van der Waals surface area contributed by atoms with Crippen LogP contribution < -0.4 is 10.5 Å². The van der Waals surface area contributed by atoms with Crippen LogP contribution in [0.4, 0.5) is 0 Å². The van der Waals surface area contributed by atoms with Crippen LogP contribution in [-0.4, -0.2) is 27.1 Å². The van der Waals surface area contributed by atoms with Crippen molar-refractivity contribution < 1.29 is 0 Å². The summed E-state index contributed by atoms with van der Waals surface area (Å²) in [5.74, 6) is 0. The minimum atomic E-state index is 0.736. The third-order valence-electron chi connectivity index (χ3n) is 1.47. The second-order valence-corrected chi connectivity index (χ2v) is 1.98. The van der Waals surface area contributed by atoms with Gasteiger partial charge in [0.05, 0.1) is 0 Å². The molecule has 1 saturated heterocycles. The summed E-state index contributed by atoms with van der Waals surface area (Å²) in [5, 5.41) is 6.46. The van der Waals surface area contributed by atoms with Crippen molar-refractivity contribution in [1.29, 1.82) is 0 Å². The van der Waals surface area contributed by atoms with Crippen LogP contribution in [0.3, 0.4) is 0 Å². The lowest BCUT2D eigenvalue weighted by Gasteiger charge is -2.02. The van der Waals surface area contributed by atoms with Gasteiger partial charge in [-0.3, -0.25) is 0 Å². The minimum Gasteiger partial charge on any atom is -0.358 e. The van der Waals surface area contributed by atoms with Gasteiger partial charge in [0, 0.05) is 12.6 Å². The van der Waals surface area contributed by atoms with Crippen LogP contribution in [0.25, 0.3) is 0 Å². The molecule has 0 aromatic heterocycles. The third-order valence-corrected chi connectivity index (χ3v) is 1.47. The molecule has 0 unspecified atom stereocenters. The third kappa shape index (κ3) is 1.18. The molecule has 0 spiro atoms. The Labute approximate surface area is 45.1 Å². The second-order valence-electron chi connectivity index (χ2n) is 1.98. The molecule has 1 atom stereocenters. The van der Waals surface area contributed by atoms with Gasteiger partial charge in [-0.2, -0.15) is 0 Å². The molecule has 0 bridgehead atoms. The van der Waals surface area contributed by atoms with Crippen LogP contribution >= 0.6 is 0 Å². The fourth-order valence-corrected chi connectivity index (χ4v) is 0.901. The quantitative estimate of drug-likeness (QED) is 0.389. The van der Waals surface area contributed by atoms with Gasteiger partial charge in [0.2, 0.25) is 0 Å². The summed E-state index contributed by atoms with van der Waals surface area (Å²) in [6.45, 7) is 2.34. The summed E-state index contributed by atoms with van der Waals surface area (Å²) in [5.41, 5.74) is 0. The van der Waals surface area contributed by atoms with Crippen LogP contribution in [0.15, 0.2) is 0 Å². The van der Waals surface area contributed by atoms with Gasteiger partial charge in [-0.1, -0.05) is 0 Å². The Hall–Kier alpha value is -0.0151. The normalized spacial score (nSPS) is 31.1. The maximum Gasteiger partial charge on any atom is 0.182 e. The highest BCUT2D eigenvalue weighted by Crippen LogP contribution is 1.93. The average Bonchev–Trinajstić information content (AvgIpc) is 2.14. The summed E-state index contributed by atoms with van der Waals surface area (Å²) in [7, 11) is 2.01. The van der Waals surface area contributed by atoms with E-state index in [-0.39, 0.29) is 0 Å². The van der Waals surface area contributed by atoms with Gasteiger partial charge in [0.1, 0.15) is 0 Å². The fourth-order valence-electron chi connectivity index (χ4n) is 0.901. The first-order valence-corrected chi connectivity index (χ1v) is 2.81. The zero-order valence-corrected chi connectivity index (χ0v) is 4.70. The van der Waals surface area contributed by atoms with Crippen molar-refractivity contribution in [2.45, 2.75) is 12.5 Å². The van der Waals surface area contributed by atoms with E-state index in [1.165, 1.54) is 13.0 Å². The number of nitrogens with one attached hydrogen (secondary N) is 2. The Morgan fingerprint density at radius 3 is 2.86 bits per heavy atom. The van der Waals surface area contributed by atoms with Crippen LogP contribution in [0.5, 0.6) is 0 Å².